The first-order valence-electron chi connectivity index (χ1n) is 6.99. The zero-order valence-electron chi connectivity index (χ0n) is 11.5. The highest BCUT2D eigenvalue weighted by Crippen LogP contribution is 2.34. The summed E-state index contributed by atoms with van der Waals surface area (Å²) in [5.41, 5.74) is 1.14. The molecule has 0 radical (unpaired) electrons. The molecule has 1 fully saturated rings. The molecule has 0 amide bonds. The third-order valence-corrected chi connectivity index (χ3v) is 3.50. The van der Waals surface area contributed by atoms with Gasteiger partial charge in [-0.05, 0) is 37.4 Å². The Hall–Kier alpha value is -1.06. The van der Waals surface area contributed by atoms with Gasteiger partial charge in [0.05, 0.1) is 5.02 Å². The van der Waals surface area contributed by atoms with Crippen molar-refractivity contribution in [1.82, 2.24) is 10.3 Å². The Morgan fingerprint density at radius 2 is 2.37 bits per heavy atom. The molecule has 1 N–H and O–H groups in total. The molecule has 1 heterocycles. The summed E-state index contributed by atoms with van der Waals surface area (Å²) in [6.07, 6.45) is 7.42. The van der Waals surface area contributed by atoms with E-state index in [4.69, 9.17) is 11.6 Å². The van der Waals surface area contributed by atoms with Crippen LogP contribution in [-0.4, -0.2) is 24.1 Å². The van der Waals surface area contributed by atoms with E-state index < -0.39 is 0 Å². The van der Waals surface area contributed by atoms with E-state index in [2.05, 4.69) is 28.7 Å². The average Bonchev–Trinajstić information content (AvgIpc) is 3.21. The molecule has 0 bridgehead atoms. The van der Waals surface area contributed by atoms with Gasteiger partial charge in [0, 0.05) is 25.3 Å². The molecule has 104 valence electrons. The lowest BCUT2D eigenvalue weighted by atomic mass is 10.2. The molecule has 3 nitrogen and oxygen atoms in total. The van der Waals surface area contributed by atoms with Crippen molar-refractivity contribution in [3.8, 4) is 0 Å². The van der Waals surface area contributed by atoms with Gasteiger partial charge in [-0.15, -0.1) is 6.58 Å². The van der Waals surface area contributed by atoms with E-state index in [9.17, 15) is 0 Å². The Morgan fingerprint density at radius 1 is 1.58 bits per heavy atom. The molecule has 2 rings (SSSR count). The van der Waals surface area contributed by atoms with E-state index in [-0.39, 0.29) is 0 Å². The number of pyridine rings is 1. The van der Waals surface area contributed by atoms with Gasteiger partial charge in [-0.1, -0.05) is 24.6 Å². The van der Waals surface area contributed by atoms with Crippen LogP contribution in [0.1, 0.15) is 31.7 Å². The summed E-state index contributed by atoms with van der Waals surface area (Å²) < 4.78 is 0. The highest BCUT2D eigenvalue weighted by atomic mass is 35.5. The van der Waals surface area contributed by atoms with Crippen molar-refractivity contribution in [3.63, 3.8) is 0 Å². The van der Waals surface area contributed by atoms with E-state index in [1.54, 1.807) is 0 Å². The van der Waals surface area contributed by atoms with Crippen molar-refractivity contribution in [1.29, 1.82) is 0 Å². The molecule has 1 aromatic rings. The van der Waals surface area contributed by atoms with Gasteiger partial charge in [-0.3, -0.25) is 0 Å². The lowest BCUT2D eigenvalue weighted by Gasteiger charge is -2.23. The third-order valence-electron chi connectivity index (χ3n) is 3.22. The molecule has 1 aliphatic carbocycles. The molecule has 0 spiro atoms. The SMILES string of the molecule is C=CCN(c1ncc(CNCCC)cc1Cl)C1CC1. The summed E-state index contributed by atoms with van der Waals surface area (Å²) in [4.78, 5) is 6.79. The van der Waals surface area contributed by atoms with E-state index in [0.717, 1.165) is 42.5 Å². The molecule has 4 heteroatoms. The maximum atomic E-state index is 6.38. The zero-order chi connectivity index (χ0) is 13.7. The number of halogens is 1. The lowest BCUT2D eigenvalue weighted by molar-refractivity contribution is 0.673. The normalized spacial score (nSPS) is 14.4. The van der Waals surface area contributed by atoms with Gasteiger partial charge < -0.3 is 10.2 Å². The summed E-state index contributed by atoms with van der Waals surface area (Å²) in [5, 5.41) is 4.10. The molecule has 1 aliphatic rings. The summed E-state index contributed by atoms with van der Waals surface area (Å²) in [7, 11) is 0. The van der Waals surface area contributed by atoms with Gasteiger partial charge in [0.2, 0.25) is 0 Å². The van der Waals surface area contributed by atoms with Crippen LogP contribution in [0, 0.1) is 0 Å². The van der Waals surface area contributed by atoms with Crippen LogP contribution in [-0.2, 0) is 6.54 Å². The van der Waals surface area contributed by atoms with E-state index in [1.807, 2.05) is 18.3 Å². The van der Waals surface area contributed by atoms with Crippen LogP contribution in [0.4, 0.5) is 5.82 Å². The maximum Gasteiger partial charge on any atom is 0.147 e. The minimum atomic E-state index is 0.590. The number of aromatic nitrogens is 1. The van der Waals surface area contributed by atoms with Crippen LogP contribution in [0.5, 0.6) is 0 Å². The fraction of sp³-hybridized carbons (Fsp3) is 0.533. The first-order valence-corrected chi connectivity index (χ1v) is 7.36. The number of rotatable bonds is 8. The van der Waals surface area contributed by atoms with Crippen LogP contribution in [0.15, 0.2) is 24.9 Å². The van der Waals surface area contributed by atoms with Crippen molar-refractivity contribution < 1.29 is 0 Å². The first-order chi connectivity index (χ1) is 9.26. The predicted molar refractivity (Wildman–Crippen MR) is 81.8 cm³/mol. The fourth-order valence-corrected chi connectivity index (χ4v) is 2.42. The van der Waals surface area contributed by atoms with Gasteiger partial charge in [-0.25, -0.2) is 4.98 Å². The highest BCUT2D eigenvalue weighted by Gasteiger charge is 2.30. The van der Waals surface area contributed by atoms with Gasteiger partial charge in [0.25, 0.3) is 0 Å². The van der Waals surface area contributed by atoms with Gasteiger partial charge in [0.1, 0.15) is 5.82 Å². The molecular formula is C15H22ClN3. The summed E-state index contributed by atoms with van der Waals surface area (Å²) in [6.45, 7) is 8.62. The summed E-state index contributed by atoms with van der Waals surface area (Å²) >= 11 is 6.38. The lowest BCUT2D eigenvalue weighted by Crippen LogP contribution is -2.27. The maximum absolute atomic E-state index is 6.38. The number of nitrogens with one attached hydrogen (secondary N) is 1. The second-order valence-corrected chi connectivity index (χ2v) is 5.41. The Bertz CT molecular complexity index is 429. The highest BCUT2D eigenvalue weighted by molar-refractivity contribution is 6.33. The molecule has 0 saturated heterocycles. The van der Waals surface area contributed by atoms with Gasteiger partial charge in [-0.2, -0.15) is 0 Å². The quantitative estimate of drug-likeness (QED) is 0.584. The average molecular weight is 280 g/mol. The summed E-state index contributed by atoms with van der Waals surface area (Å²) in [6, 6.07) is 2.61. The first kappa shape index (κ1) is 14.4. The van der Waals surface area contributed by atoms with Crippen LogP contribution in [0.25, 0.3) is 0 Å². The summed E-state index contributed by atoms with van der Waals surface area (Å²) in [5.74, 6) is 0.892. The molecular weight excluding hydrogens is 258 g/mol. The second kappa shape index (κ2) is 6.92. The zero-order valence-corrected chi connectivity index (χ0v) is 12.3. The van der Waals surface area contributed by atoms with E-state index >= 15 is 0 Å². The standard InChI is InChI=1S/C15H22ClN3/c1-3-7-17-10-12-9-14(16)15(18-11-12)19(8-4-2)13-5-6-13/h4,9,11,13,17H,2-3,5-8,10H2,1H3. The van der Waals surface area contributed by atoms with Gasteiger partial charge >= 0.3 is 0 Å². The van der Waals surface area contributed by atoms with Gasteiger partial charge in [0.15, 0.2) is 0 Å². The molecule has 0 unspecified atom stereocenters. The van der Waals surface area contributed by atoms with Crippen molar-refractivity contribution in [3.05, 3.63) is 35.5 Å². The molecule has 0 aliphatic heterocycles. The number of nitrogens with zero attached hydrogens (tertiary/aromatic N) is 2. The van der Waals surface area contributed by atoms with Crippen LogP contribution in [0.2, 0.25) is 5.02 Å². The van der Waals surface area contributed by atoms with Crippen molar-refractivity contribution in [2.45, 2.75) is 38.8 Å². The number of anilines is 1. The molecule has 1 saturated carbocycles. The minimum absolute atomic E-state index is 0.590. The molecule has 19 heavy (non-hydrogen) atoms. The second-order valence-electron chi connectivity index (χ2n) is 5.00. The number of hydrogen-bond donors (Lipinski definition) is 1. The van der Waals surface area contributed by atoms with Crippen LogP contribution < -0.4 is 10.2 Å². The van der Waals surface area contributed by atoms with E-state index in [1.165, 1.54) is 12.8 Å². The Labute approximate surface area is 120 Å². The minimum Gasteiger partial charge on any atom is -0.349 e. The van der Waals surface area contributed by atoms with Crippen molar-refractivity contribution in [2.24, 2.45) is 0 Å². The monoisotopic (exact) mass is 279 g/mol. The Kier molecular flexibility index (Phi) is 5.23. The topological polar surface area (TPSA) is 28.2 Å². The Balaban J connectivity index is 2.06. The largest absolute Gasteiger partial charge is 0.349 e. The predicted octanol–water partition coefficient (Wildman–Crippen LogP) is 3.39. The third kappa shape index (κ3) is 3.95. The number of hydrogen-bond acceptors (Lipinski definition) is 3. The smallest absolute Gasteiger partial charge is 0.147 e. The van der Waals surface area contributed by atoms with E-state index in [0.29, 0.717) is 6.04 Å². The van der Waals surface area contributed by atoms with Crippen molar-refractivity contribution >= 4 is 17.4 Å². The van der Waals surface area contributed by atoms with Crippen molar-refractivity contribution in [2.75, 3.05) is 18.0 Å². The fourth-order valence-electron chi connectivity index (χ4n) is 2.12. The van der Waals surface area contributed by atoms with Crippen LogP contribution >= 0.6 is 11.6 Å². The molecule has 0 atom stereocenters. The molecule has 1 aromatic heterocycles. The van der Waals surface area contributed by atoms with Crippen LogP contribution in [0.3, 0.4) is 0 Å². The molecule has 0 aromatic carbocycles. The Morgan fingerprint density at radius 3 is 2.95 bits per heavy atom.